The molecule has 0 saturated carbocycles. The van der Waals surface area contributed by atoms with Crippen molar-refractivity contribution >= 4 is 5.91 Å². The van der Waals surface area contributed by atoms with Crippen molar-refractivity contribution in [1.29, 1.82) is 0 Å². The van der Waals surface area contributed by atoms with Crippen molar-refractivity contribution in [2.24, 2.45) is 5.92 Å². The maximum absolute atomic E-state index is 12.0. The molecule has 5 heteroatoms. The van der Waals surface area contributed by atoms with Crippen LogP contribution < -0.4 is 10.6 Å². The number of amides is 1. The monoisotopic (exact) mass is 242 g/mol. The third kappa shape index (κ3) is 3.18. The maximum atomic E-state index is 12.0. The van der Waals surface area contributed by atoms with Crippen LogP contribution in [0, 0.1) is 5.92 Å². The highest BCUT2D eigenvalue weighted by atomic mass is 16.5. The maximum Gasteiger partial charge on any atom is 0.237 e. The van der Waals surface area contributed by atoms with E-state index in [1.807, 2.05) is 0 Å². The highest BCUT2D eigenvalue weighted by Crippen LogP contribution is 2.18. The Morgan fingerprint density at radius 1 is 1.65 bits per heavy atom. The number of hydrogen-bond acceptors (Lipinski definition) is 4. The SMILES string of the molecule is CC1CCCNC1C(=O)NCC1(O)CCOC1. The second-order valence-corrected chi connectivity index (χ2v) is 5.30. The van der Waals surface area contributed by atoms with Gasteiger partial charge in [-0.15, -0.1) is 0 Å². The summed E-state index contributed by atoms with van der Waals surface area (Å²) in [5.41, 5.74) is -0.867. The Morgan fingerprint density at radius 3 is 3.12 bits per heavy atom. The molecule has 0 spiro atoms. The first kappa shape index (κ1) is 12.8. The molecule has 3 atom stereocenters. The summed E-state index contributed by atoms with van der Waals surface area (Å²) in [6.45, 7) is 4.17. The second-order valence-electron chi connectivity index (χ2n) is 5.30. The van der Waals surface area contributed by atoms with Crippen LogP contribution in [0.3, 0.4) is 0 Å². The van der Waals surface area contributed by atoms with E-state index in [-0.39, 0.29) is 18.5 Å². The summed E-state index contributed by atoms with van der Waals surface area (Å²) in [6.07, 6.45) is 2.81. The van der Waals surface area contributed by atoms with Gasteiger partial charge in [0.05, 0.1) is 12.6 Å². The third-order valence-electron chi connectivity index (χ3n) is 3.73. The lowest BCUT2D eigenvalue weighted by atomic mass is 9.92. The Balaban J connectivity index is 1.80. The Bertz CT molecular complexity index is 277. The van der Waals surface area contributed by atoms with Gasteiger partial charge in [0, 0.05) is 19.6 Å². The average molecular weight is 242 g/mol. The van der Waals surface area contributed by atoms with E-state index in [0.29, 0.717) is 25.6 Å². The summed E-state index contributed by atoms with van der Waals surface area (Å²) in [6, 6.07) is -0.116. The fourth-order valence-electron chi connectivity index (χ4n) is 2.50. The first-order chi connectivity index (χ1) is 8.11. The highest BCUT2D eigenvalue weighted by molar-refractivity contribution is 5.82. The lowest BCUT2D eigenvalue weighted by Crippen LogP contribution is -2.54. The molecule has 0 aliphatic carbocycles. The van der Waals surface area contributed by atoms with Crippen LogP contribution >= 0.6 is 0 Å². The van der Waals surface area contributed by atoms with Gasteiger partial charge < -0.3 is 20.5 Å². The van der Waals surface area contributed by atoms with Crippen LogP contribution in [0.5, 0.6) is 0 Å². The summed E-state index contributed by atoms with van der Waals surface area (Å²) in [7, 11) is 0. The second kappa shape index (κ2) is 5.33. The highest BCUT2D eigenvalue weighted by Gasteiger charge is 2.34. The summed E-state index contributed by atoms with van der Waals surface area (Å²) < 4.78 is 5.14. The Kier molecular flexibility index (Phi) is 4.01. The largest absolute Gasteiger partial charge is 0.386 e. The number of carbonyl (C=O) groups is 1. The number of carbonyl (C=O) groups excluding carboxylic acids is 1. The minimum atomic E-state index is -0.867. The lowest BCUT2D eigenvalue weighted by Gasteiger charge is -2.30. The molecule has 2 rings (SSSR count). The molecular weight excluding hydrogens is 220 g/mol. The normalized spacial score (nSPS) is 38.0. The summed E-state index contributed by atoms with van der Waals surface area (Å²) in [5, 5.41) is 16.1. The molecule has 0 aromatic rings. The van der Waals surface area contributed by atoms with E-state index in [9.17, 15) is 9.90 Å². The number of ether oxygens (including phenoxy) is 1. The molecule has 0 radical (unpaired) electrons. The van der Waals surface area contributed by atoms with Crippen LogP contribution in [0.1, 0.15) is 26.2 Å². The molecule has 2 fully saturated rings. The number of rotatable bonds is 3. The summed E-state index contributed by atoms with van der Waals surface area (Å²) >= 11 is 0. The van der Waals surface area contributed by atoms with E-state index in [2.05, 4.69) is 17.6 Å². The van der Waals surface area contributed by atoms with Crippen LogP contribution in [-0.4, -0.2) is 49.0 Å². The van der Waals surface area contributed by atoms with E-state index in [0.717, 1.165) is 19.4 Å². The number of aliphatic hydroxyl groups is 1. The van der Waals surface area contributed by atoms with Gasteiger partial charge >= 0.3 is 0 Å². The van der Waals surface area contributed by atoms with Gasteiger partial charge in [0.1, 0.15) is 5.60 Å². The predicted octanol–water partition coefficient (Wildman–Crippen LogP) is -0.358. The van der Waals surface area contributed by atoms with Crippen molar-refractivity contribution in [3.63, 3.8) is 0 Å². The van der Waals surface area contributed by atoms with Crippen LogP contribution in [0.2, 0.25) is 0 Å². The third-order valence-corrected chi connectivity index (χ3v) is 3.73. The van der Waals surface area contributed by atoms with Gasteiger partial charge in [-0.05, 0) is 25.3 Å². The molecule has 0 aromatic heterocycles. The van der Waals surface area contributed by atoms with Crippen molar-refractivity contribution in [2.75, 3.05) is 26.3 Å². The van der Waals surface area contributed by atoms with Crippen molar-refractivity contribution in [1.82, 2.24) is 10.6 Å². The van der Waals surface area contributed by atoms with Gasteiger partial charge in [-0.1, -0.05) is 6.92 Å². The number of hydrogen-bond donors (Lipinski definition) is 3. The summed E-state index contributed by atoms with van der Waals surface area (Å²) in [5.74, 6) is 0.357. The Morgan fingerprint density at radius 2 is 2.47 bits per heavy atom. The van der Waals surface area contributed by atoms with Gasteiger partial charge in [0.2, 0.25) is 5.91 Å². The fraction of sp³-hybridized carbons (Fsp3) is 0.917. The average Bonchev–Trinajstić information content (AvgIpc) is 2.74. The molecule has 3 N–H and O–H groups in total. The van der Waals surface area contributed by atoms with Gasteiger partial charge in [0.15, 0.2) is 0 Å². The molecular formula is C12H22N2O3. The topological polar surface area (TPSA) is 70.6 Å². The quantitative estimate of drug-likeness (QED) is 0.632. The van der Waals surface area contributed by atoms with Gasteiger partial charge in [0.25, 0.3) is 0 Å². The van der Waals surface area contributed by atoms with E-state index in [4.69, 9.17) is 4.74 Å². The molecule has 0 bridgehead atoms. The number of nitrogens with one attached hydrogen (secondary N) is 2. The minimum absolute atomic E-state index is 0.00229. The fourth-order valence-corrected chi connectivity index (χ4v) is 2.50. The number of piperidine rings is 1. The Labute approximate surface area is 102 Å². The molecule has 5 nitrogen and oxygen atoms in total. The van der Waals surface area contributed by atoms with Crippen LogP contribution in [0.25, 0.3) is 0 Å². The van der Waals surface area contributed by atoms with Crippen LogP contribution in [0.4, 0.5) is 0 Å². The zero-order chi connectivity index (χ0) is 12.3. The van der Waals surface area contributed by atoms with E-state index < -0.39 is 5.60 Å². The van der Waals surface area contributed by atoms with Crippen LogP contribution in [-0.2, 0) is 9.53 Å². The standard InChI is InChI=1S/C12H22N2O3/c1-9-3-2-5-13-10(9)11(15)14-7-12(16)4-6-17-8-12/h9-10,13,16H,2-8H2,1H3,(H,14,15). The zero-order valence-corrected chi connectivity index (χ0v) is 10.4. The van der Waals surface area contributed by atoms with Crippen molar-refractivity contribution in [2.45, 2.75) is 37.8 Å². The molecule has 2 aliphatic rings. The Hall–Kier alpha value is -0.650. The predicted molar refractivity (Wildman–Crippen MR) is 63.6 cm³/mol. The smallest absolute Gasteiger partial charge is 0.237 e. The van der Waals surface area contributed by atoms with Gasteiger partial charge in [-0.2, -0.15) is 0 Å². The van der Waals surface area contributed by atoms with Crippen molar-refractivity contribution in [3.05, 3.63) is 0 Å². The molecule has 2 heterocycles. The minimum Gasteiger partial charge on any atom is -0.386 e. The molecule has 2 aliphatic heterocycles. The molecule has 3 unspecified atom stereocenters. The van der Waals surface area contributed by atoms with Gasteiger partial charge in [-0.3, -0.25) is 4.79 Å². The van der Waals surface area contributed by atoms with Gasteiger partial charge in [-0.25, -0.2) is 0 Å². The first-order valence-corrected chi connectivity index (χ1v) is 6.42. The summed E-state index contributed by atoms with van der Waals surface area (Å²) in [4.78, 5) is 12.0. The van der Waals surface area contributed by atoms with Crippen molar-refractivity contribution < 1.29 is 14.6 Å². The zero-order valence-electron chi connectivity index (χ0n) is 10.4. The lowest BCUT2D eigenvalue weighted by molar-refractivity contribution is -0.126. The van der Waals surface area contributed by atoms with Crippen LogP contribution in [0.15, 0.2) is 0 Å². The molecule has 2 saturated heterocycles. The van der Waals surface area contributed by atoms with E-state index in [1.165, 1.54) is 0 Å². The van der Waals surface area contributed by atoms with E-state index in [1.54, 1.807) is 0 Å². The molecule has 1 amide bonds. The molecule has 0 aromatic carbocycles. The first-order valence-electron chi connectivity index (χ1n) is 6.42. The molecule has 17 heavy (non-hydrogen) atoms. The van der Waals surface area contributed by atoms with E-state index >= 15 is 0 Å². The molecule has 98 valence electrons. The van der Waals surface area contributed by atoms with Crippen molar-refractivity contribution in [3.8, 4) is 0 Å².